The summed E-state index contributed by atoms with van der Waals surface area (Å²) >= 11 is 0. The van der Waals surface area contributed by atoms with E-state index in [4.69, 9.17) is 5.11 Å². The van der Waals surface area contributed by atoms with Gasteiger partial charge in [0.15, 0.2) is 0 Å². The fraction of sp³-hybridized carbons (Fsp3) is 0.357. The molecule has 112 valence electrons. The number of rotatable bonds is 5. The predicted molar refractivity (Wildman–Crippen MR) is 78.0 cm³/mol. The topological polar surface area (TPSA) is 92.1 Å². The Bertz CT molecular complexity index is 594. The summed E-state index contributed by atoms with van der Waals surface area (Å²) in [5.41, 5.74) is 0.892. The molecule has 1 atom stereocenters. The lowest BCUT2D eigenvalue weighted by atomic mass is 10.3. The molecular weight excluding hydrogens is 270 g/mol. The molecule has 2 rings (SSSR count). The number of aromatic nitrogens is 3. The zero-order valence-electron chi connectivity index (χ0n) is 12.1. The number of amides is 2. The van der Waals surface area contributed by atoms with Gasteiger partial charge in [-0.2, -0.15) is 0 Å². The number of hydrogen-bond donors (Lipinski definition) is 3. The average Bonchev–Trinajstić information content (AvgIpc) is 2.91. The van der Waals surface area contributed by atoms with Crippen LogP contribution in [0.2, 0.25) is 0 Å². The second-order valence-corrected chi connectivity index (χ2v) is 4.78. The molecule has 0 aromatic carbocycles. The number of nitrogens with zero attached hydrogens (tertiary/aromatic N) is 3. The molecule has 3 N–H and O–H groups in total. The van der Waals surface area contributed by atoms with E-state index in [9.17, 15) is 4.79 Å². The maximum Gasteiger partial charge on any atom is 0.315 e. The van der Waals surface area contributed by atoms with Crippen LogP contribution in [0.3, 0.4) is 0 Å². The standard InChI is InChI=1S/C14H19N5O2/c1-10(9-20)18-14(21)17-8-12-3-4-13(16-7-12)19-6-5-15-11(19)2/h3-7,10,20H,8-9H2,1-2H3,(H2,17,18,21). The van der Waals surface area contributed by atoms with Crippen molar-refractivity contribution in [3.8, 4) is 5.82 Å². The molecule has 2 aromatic heterocycles. The lowest BCUT2D eigenvalue weighted by Crippen LogP contribution is -2.41. The quantitative estimate of drug-likeness (QED) is 0.757. The van der Waals surface area contributed by atoms with Crippen molar-refractivity contribution < 1.29 is 9.90 Å². The largest absolute Gasteiger partial charge is 0.394 e. The average molecular weight is 289 g/mol. The maximum absolute atomic E-state index is 11.5. The highest BCUT2D eigenvalue weighted by atomic mass is 16.3. The number of pyridine rings is 1. The van der Waals surface area contributed by atoms with E-state index in [1.807, 2.05) is 29.8 Å². The molecule has 0 aliphatic carbocycles. The van der Waals surface area contributed by atoms with Gasteiger partial charge in [0.2, 0.25) is 0 Å². The highest BCUT2D eigenvalue weighted by Crippen LogP contribution is 2.08. The SMILES string of the molecule is Cc1nccn1-c1ccc(CNC(=O)NC(C)CO)cn1. The summed E-state index contributed by atoms with van der Waals surface area (Å²) in [6.07, 6.45) is 5.28. The van der Waals surface area contributed by atoms with Crippen LogP contribution < -0.4 is 10.6 Å². The van der Waals surface area contributed by atoms with Crippen LogP contribution in [0, 0.1) is 6.92 Å². The highest BCUT2D eigenvalue weighted by molar-refractivity contribution is 5.74. The van der Waals surface area contributed by atoms with Crippen LogP contribution in [0.15, 0.2) is 30.7 Å². The monoisotopic (exact) mass is 289 g/mol. The van der Waals surface area contributed by atoms with Crippen molar-refractivity contribution in [1.29, 1.82) is 0 Å². The number of aryl methyl sites for hydroxylation is 1. The van der Waals surface area contributed by atoms with Crippen LogP contribution in [0.1, 0.15) is 18.3 Å². The molecule has 2 heterocycles. The molecule has 7 heteroatoms. The Hall–Kier alpha value is -2.41. The molecule has 2 amide bonds. The second-order valence-electron chi connectivity index (χ2n) is 4.78. The summed E-state index contributed by atoms with van der Waals surface area (Å²) in [7, 11) is 0. The normalized spacial score (nSPS) is 12.0. The van der Waals surface area contributed by atoms with E-state index in [1.54, 1.807) is 19.3 Å². The third-order valence-electron chi connectivity index (χ3n) is 2.99. The van der Waals surface area contributed by atoms with Gasteiger partial charge in [-0.15, -0.1) is 0 Å². The summed E-state index contributed by atoms with van der Waals surface area (Å²) in [5.74, 6) is 1.65. The summed E-state index contributed by atoms with van der Waals surface area (Å²) < 4.78 is 1.88. The first-order valence-electron chi connectivity index (χ1n) is 6.70. The number of carbonyl (C=O) groups excluding carboxylic acids is 1. The molecule has 7 nitrogen and oxygen atoms in total. The lowest BCUT2D eigenvalue weighted by molar-refractivity contribution is 0.220. The fourth-order valence-corrected chi connectivity index (χ4v) is 1.79. The fourth-order valence-electron chi connectivity index (χ4n) is 1.79. The van der Waals surface area contributed by atoms with Gasteiger partial charge in [-0.1, -0.05) is 6.07 Å². The first-order valence-corrected chi connectivity index (χ1v) is 6.70. The Morgan fingerprint density at radius 1 is 1.43 bits per heavy atom. The van der Waals surface area contributed by atoms with Crippen LogP contribution in [0.4, 0.5) is 4.79 Å². The Kier molecular flexibility index (Phi) is 4.89. The molecule has 1 unspecified atom stereocenters. The molecule has 0 bridgehead atoms. The first-order chi connectivity index (χ1) is 10.1. The van der Waals surface area contributed by atoms with Gasteiger partial charge in [-0.3, -0.25) is 4.57 Å². The third-order valence-corrected chi connectivity index (χ3v) is 2.99. The summed E-state index contributed by atoms with van der Waals surface area (Å²) in [5, 5.41) is 14.2. The van der Waals surface area contributed by atoms with Gasteiger partial charge in [0.25, 0.3) is 0 Å². The minimum absolute atomic E-state index is 0.0894. The molecule has 21 heavy (non-hydrogen) atoms. The van der Waals surface area contributed by atoms with Crippen LogP contribution in [-0.2, 0) is 6.54 Å². The smallest absolute Gasteiger partial charge is 0.315 e. The van der Waals surface area contributed by atoms with Crippen molar-refractivity contribution in [2.45, 2.75) is 26.4 Å². The Morgan fingerprint density at radius 3 is 2.81 bits per heavy atom. The summed E-state index contributed by atoms with van der Waals surface area (Å²) in [6.45, 7) is 3.92. The summed E-state index contributed by atoms with van der Waals surface area (Å²) in [4.78, 5) is 20.0. The number of imidazole rings is 1. The van der Waals surface area contributed by atoms with Gasteiger partial charge in [0.1, 0.15) is 11.6 Å². The maximum atomic E-state index is 11.5. The molecule has 0 spiro atoms. The van der Waals surface area contributed by atoms with Crippen LogP contribution in [0.25, 0.3) is 5.82 Å². The molecule has 2 aromatic rings. The highest BCUT2D eigenvalue weighted by Gasteiger charge is 2.06. The zero-order chi connectivity index (χ0) is 15.2. The summed E-state index contributed by atoms with van der Waals surface area (Å²) in [6, 6.07) is 3.19. The third kappa shape index (κ3) is 4.03. The van der Waals surface area contributed by atoms with Crippen molar-refractivity contribution in [1.82, 2.24) is 25.2 Å². The molecule has 0 radical (unpaired) electrons. The van der Waals surface area contributed by atoms with Crippen LogP contribution in [0.5, 0.6) is 0 Å². The number of carbonyl (C=O) groups is 1. The number of hydrogen-bond acceptors (Lipinski definition) is 4. The van der Waals surface area contributed by atoms with E-state index in [2.05, 4.69) is 20.6 Å². The van der Waals surface area contributed by atoms with E-state index >= 15 is 0 Å². The van der Waals surface area contributed by atoms with Crippen LogP contribution in [-0.4, -0.2) is 38.3 Å². The van der Waals surface area contributed by atoms with Crippen molar-refractivity contribution in [3.05, 3.63) is 42.1 Å². The molecule has 0 fully saturated rings. The Balaban J connectivity index is 1.91. The second kappa shape index (κ2) is 6.85. The number of nitrogens with one attached hydrogen (secondary N) is 2. The van der Waals surface area contributed by atoms with Crippen molar-refractivity contribution in [3.63, 3.8) is 0 Å². The van der Waals surface area contributed by atoms with Gasteiger partial charge >= 0.3 is 6.03 Å². The van der Waals surface area contributed by atoms with Crippen molar-refractivity contribution in [2.24, 2.45) is 0 Å². The molecule has 0 saturated heterocycles. The Labute approximate surface area is 123 Å². The molecular formula is C14H19N5O2. The van der Waals surface area contributed by atoms with E-state index in [0.29, 0.717) is 6.54 Å². The van der Waals surface area contributed by atoms with E-state index < -0.39 is 0 Å². The predicted octanol–water partition coefficient (Wildman–Crippen LogP) is 0.756. The number of aliphatic hydroxyl groups is 1. The van der Waals surface area contributed by atoms with Crippen molar-refractivity contribution >= 4 is 6.03 Å². The minimum Gasteiger partial charge on any atom is -0.394 e. The van der Waals surface area contributed by atoms with Gasteiger partial charge < -0.3 is 15.7 Å². The van der Waals surface area contributed by atoms with Gasteiger partial charge in [0, 0.05) is 25.1 Å². The van der Waals surface area contributed by atoms with E-state index in [-0.39, 0.29) is 18.7 Å². The molecule has 0 aliphatic heterocycles. The zero-order valence-corrected chi connectivity index (χ0v) is 12.1. The Morgan fingerprint density at radius 2 is 2.24 bits per heavy atom. The van der Waals surface area contributed by atoms with Gasteiger partial charge in [0.05, 0.1) is 12.6 Å². The minimum atomic E-state index is -0.314. The van der Waals surface area contributed by atoms with E-state index in [1.165, 1.54) is 0 Å². The molecule has 0 aliphatic rings. The van der Waals surface area contributed by atoms with Gasteiger partial charge in [-0.05, 0) is 25.5 Å². The van der Waals surface area contributed by atoms with E-state index in [0.717, 1.165) is 17.2 Å². The van der Waals surface area contributed by atoms with Gasteiger partial charge in [-0.25, -0.2) is 14.8 Å². The first kappa shape index (κ1) is 15.0. The van der Waals surface area contributed by atoms with Crippen LogP contribution >= 0.6 is 0 Å². The number of aliphatic hydroxyl groups excluding tert-OH is 1. The van der Waals surface area contributed by atoms with Crippen molar-refractivity contribution in [2.75, 3.05) is 6.61 Å². The number of urea groups is 1. The molecule has 0 saturated carbocycles. The lowest BCUT2D eigenvalue weighted by Gasteiger charge is -2.12.